The molecule has 1 aliphatic rings. The molecule has 3 N–H and O–H groups in total. The summed E-state index contributed by atoms with van der Waals surface area (Å²) < 4.78 is 39.7. The van der Waals surface area contributed by atoms with Crippen molar-refractivity contribution in [1.29, 1.82) is 0 Å². The fourth-order valence-corrected chi connectivity index (χ4v) is 3.84. The second-order valence-electron chi connectivity index (χ2n) is 7.36. The van der Waals surface area contributed by atoms with Crippen LogP contribution >= 0.6 is 0 Å². The van der Waals surface area contributed by atoms with Crippen LogP contribution < -0.4 is 15.5 Å². The number of alkyl halides is 3. The Morgan fingerprint density at radius 2 is 1.94 bits per heavy atom. The van der Waals surface area contributed by atoms with Crippen LogP contribution in [0.4, 0.5) is 18.9 Å². The van der Waals surface area contributed by atoms with Gasteiger partial charge in [-0.05, 0) is 36.9 Å². The van der Waals surface area contributed by atoms with E-state index in [0.29, 0.717) is 46.5 Å². The highest BCUT2D eigenvalue weighted by Gasteiger charge is 2.33. The van der Waals surface area contributed by atoms with E-state index in [4.69, 9.17) is 0 Å². The predicted molar refractivity (Wildman–Crippen MR) is 112 cm³/mol. The molecule has 9 heteroatoms. The van der Waals surface area contributed by atoms with E-state index in [0.717, 1.165) is 12.1 Å². The van der Waals surface area contributed by atoms with E-state index < -0.39 is 11.7 Å². The van der Waals surface area contributed by atoms with E-state index in [2.05, 4.69) is 15.6 Å². The zero-order valence-electron chi connectivity index (χ0n) is 16.8. The smallest absolute Gasteiger partial charge is 0.354 e. The van der Waals surface area contributed by atoms with Crippen molar-refractivity contribution in [2.24, 2.45) is 0 Å². The Balaban J connectivity index is 1.77. The molecule has 6 nitrogen and oxygen atoms in total. The number of anilines is 1. The average molecular weight is 430 g/mol. The number of likely N-dealkylation sites (N-methyl/N-ethyl adjacent to an activating group) is 1. The van der Waals surface area contributed by atoms with Crippen LogP contribution in [0, 0.1) is 0 Å². The second kappa shape index (κ2) is 8.07. The van der Waals surface area contributed by atoms with Crippen LogP contribution in [-0.2, 0) is 22.2 Å². The number of nitrogens with one attached hydrogen (secondary N) is 3. The van der Waals surface area contributed by atoms with Gasteiger partial charge in [-0.1, -0.05) is 18.2 Å². The van der Waals surface area contributed by atoms with E-state index in [-0.39, 0.29) is 24.8 Å². The third-order valence-corrected chi connectivity index (χ3v) is 5.33. The first-order valence-electron chi connectivity index (χ1n) is 9.82. The van der Waals surface area contributed by atoms with Crippen LogP contribution in [0.15, 0.2) is 42.5 Å². The maximum Gasteiger partial charge on any atom is 0.416 e. The summed E-state index contributed by atoms with van der Waals surface area (Å²) >= 11 is 0. The summed E-state index contributed by atoms with van der Waals surface area (Å²) in [6, 6.07) is 10.5. The van der Waals surface area contributed by atoms with Gasteiger partial charge in [0, 0.05) is 29.6 Å². The number of amides is 2. The Bertz CT molecular complexity index is 1150. The molecule has 0 unspecified atom stereocenters. The predicted octanol–water partition coefficient (Wildman–Crippen LogP) is 3.08. The molecule has 162 valence electrons. The third kappa shape index (κ3) is 4.00. The number of rotatable bonds is 5. The van der Waals surface area contributed by atoms with E-state index >= 15 is 0 Å². The molecule has 4 rings (SSSR count). The highest BCUT2D eigenvalue weighted by Crippen LogP contribution is 2.41. The summed E-state index contributed by atoms with van der Waals surface area (Å²) in [6.07, 6.45) is -4.60. The van der Waals surface area contributed by atoms with Crippen LogP contribution in [0.1, 0.15) is 11.1 Å². The third-order valence-electron chi connectivity index (χ3n) is 5.33. The molecule has 0 bridgehead atoms. The first-order valence-corrected chi connectivity index (χ1v) is 9.82. The van der Waals surface area contributed by atoms with Gasteiger partial charge in [-0.25, -0.2) is 0 Å². The van der Waals surface area contributed by atoms with Crippen molar-refractivity contribution < 1.29 is 22.8 Å². The highest BCUT2D eigenvalue weighted by molar-refractivity contribution is 6.08. The first-order chi connectivity index (χ1) is 14.8. The molecule has 0 saturated heterocycles. The van der Waals surface area contributed by atoms with Crippen molar-refractivity contribution in [3.05, 3.63) is 53.6 Å². The van der Waals surface area contributed by atoms with Gasteiger partial charge in [-0.15, -0.1) is 0 Å². The van der Waals surface area contributed by atoms with E-state index in [1.807, 2.05) is 0 Å². The van der Waals surface area contributed by atoms with Gasteiger partial charge in [0.15, 0.2) is 0 Å². The van der Waals surface area contributed by atoms with Crippen LogP contribution in [0.3, 0.4) is 0 Å². The molecule has 31 heavy (non-hydrogen) atoms. The summed E-state index contributed by atoms with van der Waals surface area (Å²) in [6.45, 7) is 0.840. The lowest BCUT2D eigenvalue weighted by Crippen LogP contribution is -2.42. The second-order valence-corrected chi connectivity index (χ2v) is 7.36. The van der Waals surface area contributed by atoms with E-state index in [9.17, 15) is 22.8 Å². The number of fused-ring (bicyclic) bond motifs is 5. The van der Waals surface area contributed by atoms with Gasteiger partial charge in [0.05, 0.1) is 23.4 Å². The number of H-pyrrole nitrogens is 1. The fourth-order valence-electron chi connectivity index (χ4n) is 3.84. The van der Waals surface area contributed by atoms with Crippen molar-refractivity contribution in [1.82, 2.24) is 15.6 Å². The number of benzene rings is 2. The summed E-state index contributed by atoms with van der Waals surface area (Å²) in [5.74, 6) is -0.665. The molecule has 1 aliphatic heterocycles. The summed E-state index contributed by atoms with van der Waals surface area (Å²) in [5, 5.41) is 6.02. The molecule has 0 aliphatic carbocycles. The molecule has 3 aromatic rings. The number of hydrogen-bond donors (Lipinski definition) is 3. The minimum absolute atomic E-state index is 0.116. The zero-order valence-corrected chi connectivity index (χ0v) is 16.8. The van der Waals surface area contributed by atoms with E-state index in [1.165, 1.54) is 11.0 Å². The average Bonchev–Trinajstić information content (AvgIpc) is 3.04. The highest BCUT2D eigenvalue weighted by atomic mass is 19.4. The van der Waals surface area contributed by atoms with Crippen LogP contribution in [0.25, 0.3) is 22.2 Å². The van der Waals surface area contributed by atoms with Crippen molar-refractivity contribution in [2.75, 3.05) is 31.6 Å². The van der Waals surface area contributed by atoms with Gasteiger partial charge in [-0.2, -0.15) is 13.2 Å². The van der Waals surface area contributed by atoms with Crippen molar-refractivity contribution >= 4 is 28.4 Å². The Labute approximate surface area is 176 Å². The number of carbonyl (C=O) groups is 2. The number of nitrogens with zero attached hydrogens (tertiary/aromatic N) is 1. The molecule has 0 atom stereocenters. The van der Waals surface area contributed by atoms with Crippen LogP contribution in [0.5, 0.6) is 0 Å². The van der Waals surface area contributed by atoms with Gasteiger partial charge < -0.3 is 20.5 Å². The fraction of sp³-hybridized carbons (Fsp3) is 0.273. The van der Waals surface area contributed by atoms with Crippen molar-refractivity contribution in [3.8, 4) is 11.3 Å². The van der Waals surface area contributed by atoms with Crippen molar-refractivity contribution in [2.45, 2.75) is 12.6 Å². The standard InChI is InChI=1S/C22H21F3N4O2/c1-26-8-9-27-19(30)12-29-18-5-3-2-4-14(18)21-16(11-20(29)31)15-10-13(22(23,24)25)6-7-17(15)28-21/h2-7,10,26,28H,8-9,11-12H2,1H3,(H,27,30). The van der Waals surface area contributed by atoms with Gasteiger partial charge in [0.25, 0.3) is 0 Å². The van der Waals surface area contributed by atoms with Crippen LogP contribution in [0.2, 0.25) is 0 Å². The molecular formula is C22H21F3N4O2. The Kier molecular flexibility index (Phi) is 5.45. The molecule has 2 aromatic carbocycles. The molecule has 0 fully saturated rings. The minimum atomic E-state index is -4.48. The Morgan fingerprint density at radius 3 is 2.68 bits per heavy atom. The maximum absolute atomic E-state index is 13.2. The van der Waals surface area contributed by atoms with Crippen LogP contribution in [-0.4, -0.2) is 43.5 Å². The van der Waals surface area contributed by atoms with E-state index in [1.54, 1.807) is 31.3 Å². The monoisotopic (exact) mass is 430 g/mol. The lowest BCUT2D eigenvalue weighted by Gasteiger charge is -2.22. The SMILES string of the molecule is CNCCNC(=O)CN1C(=O)Cc2c([nH]c3ccc(C(F)(F)F)cc23)-c2ccccc21. The zero-order chi connectivity index (χ0) is 22.2. The number of aromatic nitrogens is 1. The number of para-hydroxylation sites is 1. The quantitative estimate of drug-likeness (QED) is 0.545. The Morgan fingerprint density at radius 1 is 1.16 bits per heavy atom. The Hall–Kier alpha value is -3.33. The number of hydrogen-bond acceptors (Lipinski definition) is 3. The first kappa shape index (κ1) is 20.9. The molecule has 1 aromatic heterocycles. The molecule has 0 radical (unpaired) electrons. The number of halogens is 3. The van der Waals surface area contributed by atoms with Gasteiger partial charge in [0.1, 0.15) is 6.54 Å². The number of aromatic amines is 1. The molecule has 2 heterocycles. The molecule has 0 spiro atoms. The van der Waals surface area contributed by atoms with Crippen molar-refractivity contribution in [3.63, 3.8) is 0 Å². The lowest BCUT2D eigenvalue weighted by atomic mass is 10.0. The summed E-state index contributed by atoms with van der Waals surface area (Å²) in [5.41, 5.74) is 2.05. The molecular weight excluding hydrogens is 409 g/mol. The molecule has 2 amide bonds. The minimum Gasteiger partial charge on any atom is -0.354 e. The lowest BCUT2D eigenvalue weighted by molar-refractivity contribution is -0.137. The topological polar surface area (TPSA) is 77.2 Å². The largest absolute Gasteiger partial charge is 0.416 e. The summed E-state index contributed by atoms with van der Waals surface area (Å²) in [4.78, 5) is 30.1. The van der Waals surface area contributed by atoms with Gasteiger partial charge >= 0.3 is 6.18 Å². The molecule has 0 saturated carbocycles. The summed E-state index contributed by atoms with van der Waals surface area (Å²) in [7, 11) is 1.77. The normalized spacial score (nSPS) is 13.7. The van der Waals surface area contributed by atoms with Gasteiger partial charge in [-0.3, -0.25) is 9.59 Å². The maximum atomic E-state index is 13.2. The number of carbonyl (C=O) groups excluding carboxylic acids is 2. The van der Waals surface area contributed by atoms with Gasteiger partial charge in [0.2, 0.25) is 11.8 Å².